The molecule has 2 fully saturated rings. The van der Waals surface area contributed by atoms with Crippen LogP contribution < -0.4 is 5.32 Å². The largest absolute Gasteiger partial charge is 0.349 e. The Bertz CT molecular complexity index is 533. The van der Waals surface area contributed by atoms with Gasteiger partial charge in [0.15, 0.2) is 0 Å². The van der Waals surface area contributed by atoms with Crippen molar-refractivity contribution in [3.05, 3.63) is 34.1 Å². The van der Waals surface area contributed by atoms with Gasteiger partial charge in [-0.3, -0.25) is 4.79 Å². The summed E-state index contributed by atoms with van der Waals surface area (Å²) in [7, 11) is 0. The third kappa shape index (κ3) is 2.62. The average Bonchev–Trinajstić information content (AvgIpc) is 3.04. The van der Waals surface area contributed by atoms with Gasteiger partial charge in [-0.25, -0.2) is 4.39 Å². The van der Waals surface area contributed by atoms with Crippen molar-refractivity contribution >= 4 is 21.8 Å². The van der Waals surface area contributed by atoms with Crippen molar-refractivity contribution in [2.75, 3.05) is 0 Å². The Morgan fingerprint density at radius 1 is 1.40 bits per heavy atom. The summed E-state index contributed by atoms with van der Waals surface area (Å²) in [6.07, 6.45) is 5.24. The van der Waals surface area contributed by atoms with Gasteiger partial charge < -0.3 is 5.32 Å². The highest BCUT2D eigenvalue weighted by Crippen LogP contribution is 2.49. The summed E-state index contributed by atoms with van der Waals surface area (Å²) in [6.45, 7) is 2.08. The lowest BCUT2D eigenvalue weighted by Crippen LogP contribution is -2.40. The summed E-state index contributed by atoms with van der Waals surface area (Å²) in [4.78, 5) is 12.2. The van der Waals surface area contributed by atoms with E-state index >= 15 is 0 Å². The quantitative estimate of drug-likeness (QED) is 0.880. The zero-order valence-electron chi connectivity index (χ0n) is 11.5. The van der Waals surface area contributed by atoms with Gasteiger partial charge in [0, 0.05) is 11.6 Å². The molecule has 4 atom stereocenters. The van der Waals surface area contributed by atoms with Crippen molar-refractivity contribution in [3.63, 3.8) is 0 Å². The van der Waals surface area contributed by atoms with Crippen LogP contribution in [0.4, 0.5) is 4.39 Å². The maximum absolute atomic E-state index is 13.5. The Balaban J connectivity index is 1.65. The van der Waals surface area contributed by atoms with Crippen molar-refractivity contribution in [3.8, 4) is 0 Å². The number of amides is 1. The van der Waals surface area contributed by atoms with Crippen LogP contribution in [-0.4, -0.2) is 11.9 Å². The number of fused-ring (bicyclic) bond motifs is 2. The molecule has 3 rings (SSSR count). The van der Waals surface area contributed by atoms with Crippen LogP contribution in [0.2, 0.25) is 0 Å². The number of benzene rings is 1. The Hall–Kier alpha value is -0.900. The van der Waals surface area contributed by atoms with Crippen molar-refractivity contribution < 1.29 is 9.18 Å². The third-order valence-corrected chi connectivity index (χ3v) is 5.62. The molecule has 0 radical (unpaired) electrons. The summed E-state index contributed by atoms with van der Waals surface area (Å²) >= 11 is 3.10. The number of carbonyl (C=O) groups excluding carboxylic acids is 1. The lowest BCUT2D eigenvalue weighted by atomic mass is 9.84. The van der Waals surface area contributed by atoms with E-state index in [9.17, 15) is 9.18 Å². The van der Waals surface area contributed by atoms with Gasteiger partial charge in [-0.05, 0) is 78.1 Å². The molecule has 2 saturated carbocycles. The monoisotopic (exact) mass is 339 g/mol. The normalized spacial score (nSPS) is 29.4. The van der Waals surface area contributed by atoms with E-state index in [-0.39, 0.29) is 11.9 Å². The van der Waals surface area contributed by atoms with Crippen LogP contribution in [0.15, 0.2) is 22.7 Å². The zero-order valence-corrected chi connectivity index (χ0v) is 13.1. The molecule has 1 N–H and O–H groups in total. The molecule has 4 heteroatoms. The van der Waals surface area contributed by atoms with Crippen LogP contribution >= 0.6 is 15.9 Å². The van der Waals surface area contributed by atoms with Crippen LogP contribution in [0, 0.1) is 23.6 Å². The molecule has 1 amide bonds. The van der Waals surface area contributed by atoms with Crippen LogP contribution in [0.1, 0.15) is 43.0 Å². The molecule has 20 heavy (non-hydrogen) atoms. The highest BCUT2D eigenvalue weighted by Gasteiger charge is 2.42. The SMILES string of the molecule is CC(NC(=O)c1ccc(Br)c(F)c1)C1CC2CCC1C2. The van der Waals surface area contributed by atoms with Gasteiger partial charge in [-0.2, -0.15) is 0 Å². The number of rotatable bonds is 3. The number of halogens is 2. The first-order valence-electron chi connectivity index (χ1n) is 7.30. The Morgan fingerprint density at radius 2 is 2.20 bits per heavy atom. The molecule has 2 nitrogen and oxygen atoms in total. The molecule has 0 spiro atoms. The summed E-state index contributed by atoms with van der Waals surface area (Å²) < 4.78 is 13.9. The van der Waals surface area contributed by atoms with Gasteiger partial charge in [0.2, 0.25) is 0 Å². The van der Waals surface area contributed by atoms with Gasteiger partial charge in [0.05, 0.1) is 4.47 Å². The predicted molar refractivity (Wildman–Crippen MR) is 80.0 cm³/mol. The topological polar surface area (TPSA) is 29.1 Å². The standard InChI is InChI=1S/C16H19BrFNO/c1-9(13-7-10-2-3-11(13)6-10)19-16(20)12-4-5-14(17)15(18)8-12/h4-5,8-11,13H,2-3,6-7H2,1H3,(H,19,20). The molecular weight excluding hydrogens is 321 g/mol. The molecule has 0 heterocycles. The van der Waals surface area contributed by atoms with Gasteiger partial charge in [-0.1, -0.05) is 6.42 Å². The fourth-order valence-electron chi connectivity index (χ4n) is 3.94. The molecule has 0 aromatic heterocycles. The van der Waals surface area contributed by atoms with Crippen molar-refractivity contribution in [2.24, 2.45) is 17.8 Å². The second-order valence-electron chi connectivity index (χ2n) is 6.23. The summed E-state index contributed by atoms with van der Waals surface area (Å²) in [5, 5.41) is 3.05. The minimum atomic E-state index is -0.398. The van der Waals surface area contributed by atoms with E-state index in [1.54, 1.807) is 12.1 Å². The molecule has 2 aliphatic carbocycles. The van der Waals surface area contributed by atoms with Gasteiger partial charge in [0.25, 0.3) is 5.91 Å². The first-order valence-corrected chi connectivity index (χ1v) is 8.10. The van der Waals surface area contributed by atoms with Crippen LogP contribution in [0.25, 0.3) is 0 Å². The molecule has 2 aliphatic rings. The molecule has 4 unspecified atom stereocenters. The molecule has 1 aromatic carbocycles. The summed E-state index contributed by atoms with van der Waals surface area (Å²) in [5.74, 6) is 1.67. The smallest absolute Gasteiger partial charge is 0.251 e. The minimum absolute atomic E-state index is 0.171. The fraction of sp³-hybridized carbons (Fsp3) is 0.562. The zero-order chi connectivity index (χ0) is 14.3. The van der Waals surface area contributed by atoms with E-state index in [0.717, 1.165) is 11.8 Å². The number of hydrogen-bond acceptors (Lipinski definition) is 1. The molecule has 0 aliphatic heterocycles. The van der Waals surface area contributed by atoms with E-state index in [1.165, 1.54) is 31.7 Å². The number of hydrogen-bond donors (Lipinski definition) is 1. The van der Waals surface area contributed by atoms with E-state index in [0.29, 0.717) is 16.0 Å². The van der Waals surface area contributed by atoms with Crippen molar-refractivity contribution in [2.45, 2.75) is 38.6 Å². The molecule has 108 valence electrons. The molecule has 1 aromatic rings. The van der Waals surface area contributed by atoms with Crippen LogP contribution in [-0.2, 0) is 0 Å². The number of nitrogens with one attached hydrogen (secondary N) is 1. The second-order valence-corrected chi connectivity index (χ2v) is 7.08. The van der Waals surface area contributed by atoms with E-state index < -0.39 is 5.82 Å². The van der Waals surface area contributed by atoms with Crippen molar-refractivity contribution in [1.82, 2.24) is 5.32 Å². The van der Waals surface area contributed by atoms with Crippen molar-refractivity contribution in [1.29, 1.82) is 0 Å². The third-order valence-electron chi connectivity index (χ3n) is 4.98. The number of carbonyl (C=O) groups is 1. The Labute approximate surface area is 127 Å². The van der Waals surface area contributed by atoms with Gasteiger partial charge in [-0.15, -0.1) is 0 Å². The van der Waals surface area contributed by atoms with Gasteiger partial charge >= 0.3 is 0 Å². The first kappa shape index (κ1) is 14.1. The lowest BCUT2D eigenvalue weighted by molar-refractivity contribution is 0.0915. The predicted octanol–water partition coefficient (Wildman–Crippen LogP) is 4.14. The molecular formula is C16H19BrFNO. The summed E-state index contributed by atoms with van der Waals surface area (Å²) in [6, 6.07) is 4.68. The first-order chi connectivity index (χ1) is 9.54. The van der Waals surface area contributed by atoms with E-state index in [4.69, 9.17) is 0 Å². The maximum atomic E-state index is 13.5. The van der Waals surface area contributed by atoms with Gasteiger partial charge in [0.1, 0.15) is 5.82 Å². The van der Waals surface area contributed by atoms with Crippen LogP contribution in [0.3, 0.4) is 0 Å². The molecule has 2 bridgehead atoms. The lowest BCUT2D eigenvalue weighted by Gasteiger charge is -2.28. The Kier molecular flexibility index (Phi) is 3.85. The van der Waals surface area contributed by atoms with Crippen LogP contribution in [0.5, 0.6) is 0 Å². The maximum Gasteiger partial charge on any atom is 0.251 e. The Morgan fingerprint density at radius 3 is 2.80 bits per heavy atom. The highest BCUT2D eigenvalue weighted by atomic mass is 79.9. The molecule has 0 saturated heterocycles. The second kappa shape index (κ2) is 5.47. The summed E-state index contributed by atoms with van der Waals surface area (Å²) in [5.41, 5.74) is 0.390. The minimum Gasteiger partial charge on any atom is -0.349 e. The van der Waals surface area contributed by atoms with E-state index in [2.05, 4.69) is 28.2 Å². The fourth-order valence-corrected chi connectivity index (χ4v) is 4.19. The average molecular weight is 340 g/mol. The highest BCUT2D eigenvalue weighted by molar-refractivity contribution is 9.10. The van der Waals surface area contributed by atoms with E-state index in [1.807, 2.05) is 0 Å².